The van der Waals surface area contributed by atoms with Crippen LogP contribution in [0.15, 0.2) is 43.1 Å². The van der Waals surface area contributed by atoms with E-state index in [0.29, 0.717) is 13.2 Å². The van der Waals surface area contributed by atoms with Gasteiger partial charge in [-0.1, -0.05) is 6.07 Å². The van der Waals surface area contributed by atoms with Gasteiger partial charge < -0.3 is 9.30 Å². The number of ether oxygens (including phenoxy) is 1. The summed E-state index contributed by atoms with van der Waals surface area (Å²) in [5.74, 6) is 0. The van der Waals surface area contributed by atoms with Crippen molar-refractivity contribution in [1.82, 2.24) is 14.5 Å². The molecular weight excluding hydrogens is 190 g/mol. The molecule has 4 nitrogen and oxygen atoms in total. The molecule has 0 unspecified atom stereocenters. The molecule has 15 heavy (non-hydrogen) atoms. The van der Waals surface area contributed by atoms with Crippen molar-refractivity contribution in [3.63, 3.8) is 0 Å². The zero-order valence-corrected chi connectivity index (χ0v) is 8.41. The fourth-order valence-corrected chi connectivity index (χ4v) is 1.25. The summed E-state index contributed by atoms with van der Waals surface area (Å²) in [5, 5.41) is 0. The van der Waals surface area contributed by atoms with Gasteiger partial charge in [-0.25, -0.2) is 4.98 Å². The lowest BCUT2D eigenvalue weighted by molar-refractivity contribution is 0.110. The molecule has 0 radical (unpaired) electrons. The van der Waals surface area contributed by atoms with Crippen LogP contribution in [0.5, 0.6) is 0 Å². The number of rotatable bonds is 5. The van der Waals surface area contributed by atoms with Crippen LogP contribution in [0.2, 0.25) is 0 Å². The maximum atomic E-state index is 5.48. The molecule has 2 heterocycles. The predicted octanol–water partition coefficient (Wildman–Crippen LogP) is 1.49. The van der Waals surface area contributed by atoms with E-state index in [4.69, 9.17) is 4.74 Å². The van der Waals surface area contributed by atoms with Crippen molar-refractivity contribution in [1.29, 1.82) is 0 Å². The monoisotopic (exact) mass is 203 g/mol. The van der Waals surface area contributed by atoms with Crippen molar-refractivity contribution < 1.29 is 4.74 Å². The third kappa shape index (κ3) is 3.18. The molecule has 2 aromatic rings. The Labute approximate surface area is 88.6 Å². The van der Waals surface area contributed by atoms with Gasteiger partial charge in [0.15, 0.2) is 0 Å². The minimum Gasteiger partial charge on any atom is -0.373 e. The van der Waals surface area contributed by atoms with Crippen molar-refractivity contribution in [3.8, 4) is 0 Å². The predicted molar refractivity (Wildman–Crippen MR) is 56.1 cm³/mol. The first-order valence-corrected chi connectivity index (χ1v) is 4.88. The third-order valence-corrected chi connectivity index (χ3v) is 2.03. The van der Waals surface area contributed by atoms with Crippen molar-refractivity contribution in [2.45, 2.75) is 13.2 Å². The Morgan fingerprint density at radius 2 is 2.27 bits per heavy atom. The average Bonchev–Trinajstić information content (AvgIpc) is 2.79. The average molecular weight is 203 g/mol. The third-order valence-electron chi connectivity index (χ3n) is 2.03. The lowest BCUT2D eigenvalue weighted by atomic mass is 10.4. The van der Waals surface area contributed by atoms with Crippen LogP contribution in [0.4, 0.5) is 0 Å². The van der Waals surface area contributed by atoms with Gasteiger partial charge >= 0.3 is 0 Å². The number of nitrogens with zero attached hydrogens (tertiary/aromatic N) is 3. The molecule has 0 N–H and O–H groups in total. The highest BCUT2D eigenvalue weighted by Gasteiger charge is 1.93. The summed E-state index contributed by atoms with van der Waals surface area (Å²) >= 11 is 0. The summed E-state index contributed by atoms with van der Waals surface area (Å²) in [6.07, 6.45) is 7.24. The Balaban J connectivity index is 1.68. The topological polar surface area (TPSA) is 39.9 Å². The largest absolute Gasteiger partial charge is 0.373 e. The molecule has 2 rings (SSSR count). The van der Waals surface area contributed by atoms with Crippen LogP contribution >= 0.6 is 0 Å². The Bertz CT molecular complexity index is 372. The van der Waals surface area contributed by atoms with Crippen molar-refractivity contribution in [3.05, 3.63) is 48.8 Å². The molecule has 78 valence electrons. The standard InChI is InChI=1S/C11H13N3O/c1-2-4-13-11(3-1)9-15-8-7-14-6-5-12-10-14/h1-6,10H,7-9H2. The molecule has 0 amide bonds. The second-order valence-electron chi connectivity index (χ2n) is 3.17. The highest BCUT2D eigenvalue weighted by molar-refractivity contribution is 5.01. The van der Waals surface area contributed by atoms with E-state index in [2.05, 4.69) is 9.97 Å². The summed E-state index contributed by atoms with van der Waals surface area (Å²) in [6.45, 7) is 2.06. The zero-order valence-electron chi connectivity index (χ0n) is 8.41. The van der Waals surface area contributed by atoms with Gasteiger partial charge in [-0.15, -0.1) is 0 Å². The molecule has 0 atom stereocenters. The van der Waals surface area contributed by atoms with Crippen molar-refractivity contribution in [2.75, 3.05) is 6.61 Å². The Hall–Kier alpha value is -1.68. The summed E-state index contributed by atoms with van der Waals surface area (Å²) in [4.78, 5) is 8.12. The molecule has 0 bridgehead atoms. The molecule has 0 aliphatic heterocycles. The number of pyridine rings is 1. The summed E-state index contributed by atoms with van der Waals surface area (Å²) in [5.41, 5.74) is 0.961. The maximum Gasteiger partial charge on any atom is 0.0946 e. The first-order valence-electron chi connectivity index (χ1n) is 4.88. The molecule has 0 fully saturated rings. The number of aromatic nitrogens is 3. The summed E-state index contributed by atoms with van der Waals surface area (Å²) in [7, 11) is 0. The molecule has 0 aliphatic rings. The lowest BCUT2D eigenvalue weighted by Gasteiger charge is -2.03. The van der Waals surface area contributed by atoms with E-state index < -0.39 is 0 Å². The van der Waals surface area contributed by atoms with Gasteiger partial charge in [0.1, 0.15) is 0 Å². The number of imidazole rings is 1. The first-order chi connectivity index (χ1) is 7.45. The fraction of sp³-hybridized carbons (Fsp3) is 0.273. The summed E-state index contributed by atoms with van der Waals surface area (Å²) < 4.78 is 7.47. The van der Waals surface area contributed by atoms with E-state index in [0.717, 1.165) is 12.2 Å². The van der Waals surface area contributed by atoms with E-state index in [1.54, 1.807) is 18.7 Å². The Kier molecular flexibility index (Phi) is 3.46. The van der Waals surface area contributed by atoms with Crippen LogP contribution in [0.25, 0.3) is 0 Å². The van der Waals surface area contributed by atoms with E-state index in [9.17, 15) is 0 Å². The van der Waals surface area contributed by atoms with Gasteiger partial charge in [0.25, 0.3) is 0 Å². The van der Waals surface area contributed by atoms with Crippen LogP contribution < -0.4 is 0 Å². The van der Waals surface area contributed by atoms with Crippen molar-refractivity contribution in [2.24, 2.45) is 0 Å². The molecule has 0 aliphatic carbocycles. The zero-order chi connectivity index (χ0) is 10.3. The van der Waals surface area contributed by atoms with Gasteiger partial charge in [0.05, 0.1) is 25.2 Å². The highest BCUT2D eigenvalue weighted by atomic mass is 16.5. The molecule has 0 saturated carbocycles. The normalized spacial score (nSPS) is 10.4. The van der Waals surface area contributed by atoms with Gasteiger partial charge in [-0.2, -0.15) is 0 Å². The van der Waals surface area contributed by atoms with Crippen LogP contribution in [0, 0.1) is 0 Å². The SMILES string of the molecule is c1ccc(COCCn2ccnc2)nc1. The number of hydrogen-bond donors (Lipinski definition) is 0. The molecule has 4 heteroatoms. The molecule has 0 saturated heterocycles. The quantitative estimate of drug-likeness (QED) is 0.691. The van der Waals surface area contributed by atoms with Crippen molar-refractivity contribution >= 4 is 0 Å². The summed E-state index contributed by atoms with van der Waals surface area (Å²) in [6, 6.07) is 5.81. The Morgan fingerprint density at radius 3 is 3.00 bits per heavy atom. The Morgan fingerprint density at radius 1 is 1.27 bits per heavy atom. The smallest absolute Gasteiger partial charge is 0.0946 e. The minimum absolute atomic E-state index is 0.565. The maximum absolute atomic E-state index is 5.48. The highest BCUT2D eigenvalue weighted by Crippen LogP contribution is 1.96. The lowest BCUT2D eigenvalue weighted by Crippen LogP contribution is -2.04. The van der Waals surface area contributed by atoms with Crippen LogP contribution in [0.1, 0.15) is 5.69 Å². The number of hydrogen-bond acceptors (Lipinski definition) is 3. The molecule has 2 aromatic heterocycles. The first kappa shape index (κ1) is 9.86. The van der Waals surface area contributed by atoms with E-state index in [1.807, 2.05) is 29.0 Å². The van der Waals surface area contributed by atoms with E-state index in [-0.39, 0.29) is 0 Å². The second-order valence-corrected chi connectivity index (χ2v) is 3.17. The van der Waals surface area contributed by atoms with Crippen LogP contribution in [0.3, 0.4) is 0 Å². The molecular formula is C11H13N3O. The van der Waals surface area contributed by atoms with E-state index >= 15 is 0 Å². The second kappa shape index (κ2) is 5.26. The molecule has 0 aromatic carbocycles. The molecule has 0 spiro atoms. The minimum atomic E-state index is 0.565. The fourth-order valence-electron chi connectivity index (χ4n) is 1.25. The van der Waals surface area contributed by atoms with Gasteiger partial charge in [-0.3, -0.25) is 4.98 Å². The van der Waals surface area contributed by atoms with Crippen LogP contribution in [-0.4, -0.2) is 21.1 Å². The van der Waals surface area contributed by atoms with Gasteiger partial charge in [0, 0.05) is 25.1 Å². The van der Waals surface area contributed by atoms with E-state index in [1.165, 1.54) is 0 Å². The van der Waals surface area contributed by atoms with Crippen LogP contribution in [-0.2, 0) is 17.9 Å². The van der Waals surface area contributed by atoms with Gasteiger partial charge in [0.2, 0.25) is 0 Å². The van der Waals surface area contributed by atoms with Gasteiger partial charge in [-0.05, 0) is 12.1 Å².